The van der Waals surface area contributed by atoms with Crippen LogP contribution in [0, 0.1) is 0 Å². The van der Waals surface area contributed by atoms with Gasteiger partial charge in [-0.25, -0.2) is 0 Å². The summed E-state index contributed by atoms with van der Waals surface area (Å²) in [5.74, 6) is 1.56. The quantitative estimate of drug-likeness (QED) is 0.909. The molecule has 3 rings (SSSR count). The molecule has 0 aliphatic carbocycles. The molecule has 2 aliphatic rings. The molecule has 0 bridgehead atoms. The summed E-state index contributed by atoms with van der Waals surface area (Å²) in [4.78, 5) is 4.55. The molecule has 5 heteroatoms. The lowest BCUT2D eigenvalue weighted by Crippen LogP contribution is -2.22. The fourth-order valence-corrected chi connectivity index (χ4v) is 2.90. The molecule has 0 amide bonds. The predicted molar refractivity (Wildman–Crippen MR) is 70.8 cm³/mol. The van der Waals surface area contributed by atoms with Crippen LogP contribution in [-0.2, 0) is 11.2 Å². The van der Waals surface area contributed by atoms with Gasteiger partial charge in [-0.05, 0) is 38.6 Å². The highest BCUT2D eigenvalue weighted by Gasteiger charge is 2.22. The molecule has 1 aromatic rings. The largest absolute Gasteiger partial charge is 0.378 e. The molecule has 19 heavy (non-hydrogen) atoms. The molecule has 1 N–H and O–H groups in total. The van der Waals surface area contributed by atoms with Gasteiger partial charge in [0.1, 0.15) is 0 Å². The van der Waals surface area contributed by atoms with Gasteiger partial charge in [0, 0.05) is 13.0 Å². The number of aromatic nitrogens is 2. The van der Waals surface area contributed by atoms with Crippen molar-refractivity contribution >= 4 is 0 Å². The van der Waals surface area contributed by atoms with Gasteiger partial charge in [0.15, 0.2) is 5.82 Å². The molecule has 5 nitrogen and oxygen atoms in total. The number of rotatable bonds is 3. The van der Waals surface area contributed by atoms with E-state index in [1.54, 1.807) is 0 Å². The Balaban J connectivity index is 1.58. The molecule has 0 aromatic carbocycles. The molecular weight excluding hydrogens is 242 g/mol. The zero-order valence-electron chi connectivity index (χ0n) is 11.4. The average molecular weight is 265 g/mol. The first-order valence-electron chi connectivity index (χ1n) is 7.59. The van der Waals surface area contributed by atoms with E-state index in [1.807, 2.05) is 0 Å². The third-order valence-corrected chi connectivity index (χ3v) is 4.03. The molecule has 0 radical (unpaired) electrons. The Morgan fingerprint density at radius 1 is 1.11 bits per heavy atom. The van der Waals surface area contributed by atoms with Gasteiger partial charge in [-0.1, -0.05) is 18.0 Å². The van der Waals surface area contributed by atoms with Crippen LogP contribution in [0.4, 0.5) is 0 Å². The molecule has 3 heterocycles. The predicted octanol–water partition coefficient (Wildman–Crippen LogP) is 2.39. The van der Waals surface area contributed by atoms with Gasteiger partial charge in [0.2, 0.25) is 5.89 Å². The molecule has 2 unspecified atom stereocenters. The maximum Gasteiger partial charge on any atom is 0.243 e. The SMILES string of the molecule is C1CCNC(c2nc(CC3CCCCO3)no2)CC1. The molecule has 0 saturated carbocycles. The van der Waals surface area contributed by atoms with E-state index in [9.17, 15) is 0 Å². The molecule has 0 spiro atoms. The topological polar surface area (TPSA) is 60.2 Å². The Labute approximate surface area is 114 Å². The first kappa shape index (κ1) is 13.1. The fourth-order valence-electron chi connectivity index (χ4n) is 2.90. The molecule has 2 aliphatic heterocycles. The molecular formula is C14H23N3O2. The number of nitrogens with one attached hydrogen (secondary N) is 1. The van der Waals surface area contributed by atoms with Crippen LogP contribution in [0.3, 0.4) is 0 Å². The third-order valence-electron chi connectivity index (χ3n) is 4.03. The van der Waals surface area contributed by atoms with Crippen molar-refractivity contribution in [2.24, 2.45) is 0 Å². The fraction of sp³-hybridized carbons (Fsp3) is 0.857. The molecule has 2 atom stereocenters. The summed E-state index contributed by atoms with van der Waals surface area (Å²) in [5, 5.41) is 7.60. The van der Waals surface area contributed by atoms with Crippen molar-refractivity contribution in [1.82, 2.24) is 15.5 Å². The van der Waals surface area contributed by atoms with Crippen LogP contribution in [0.5, 0.6) is 0 Å². The van der Waals surface area contributed by atoms with E-state index in [1.165, 1.54) is 32.1 Å². The average Bonchev–Trinajstić information content (AvgIpc) is 2.74. The smallest absolute Gasteiger partial charge is 0.243 e. The second-order valence-electron chi connectivity index (χ2n) is 5.60. The van der Waals surface area contributed by atoms with Crippen molar-refractivity contribution in [3.8, 4) is 0 Å². The van der Waals surface area contributed by atoms with Crippen molar-refractivity contribution in [1.29, 1.82) is 0 Å². The van der Waals surface area contributed by atoms with Crippen LogP contribution in [0.25, 0.3) is 0 Å². The van der Waals surface area contributed by atoms with Crippen LogP contribution >= 0.6 is 0 Å². The van der Waals surface area contributed by atoms with Crippen molar-refractivity contribution in [2.45, 2.75) is 63.5 Å². The van der Waals surface area contributed by atoms with Crippen LogP contribution in [0.1, 0.15) is 62.7 Å². The van der Waals surface area contributed by atoms with Crippen molar-refractivity contribution in [2.75, 3.05) is 13.2 Å². The summed E-state index contributed by atoms with van der Waals surface area (Å²) < 4.78 is 11.1. The van der Waals surface area contributed by atoms with Gasteiger partial charge in [-0.15, -0.1) is 0 Å². The minimum atomic E-state index is 0.246. The van der Waals surface area contributed by atoms with Crippen LogP contribution in [-0.4, -0.2) is 29.4 Å². The normalized spacial score (nSPS) is 29.1. The first-order valence-corrected chi connectivity index (χ1v) is 7.59. The highest BCUT2D eigenvalue weighted by Crippen LogP contribution is 2.22. The summed E-state index contributed by atoms with van der Waals surface area (Å²) in [6.45, 7) is 1.92. The Morgan fingerprint density at radius 2 is 2.05 bits per heavy atom. The molecule has 2 saturated heterocycles. The highest BCUT2D eigenvalue weighted by atomic mass is 16.5. The molecule has 2 fully saturated rings. The van der Waals surface area contributed by atoms with Gasteiger partial charge >= 0.3 is 0 Å². The Morgan fingerprint density at radius 3 is 2.95 bits per heavy atom. The summed E-state index contributed by atoms with van der Waals surface area (Å²) in [6, 6.07) is 0.246. The lowest BCUT2D eigenvalue weighted by molar-refractivity contribution is 0.0153. The van der Waals surface area contributed by atoms with Crippen molar-refractivity contribution < 1.29 is 9.26 Å². The van der Waals surface area contributed by atoms with Crippen LogP contribution in [0.15, 0.2) is 4.52 Å². The van der Waals surface area contributed by atoms with E-state index in [-0.39, 0.29) is 12.1 Å². The summed E-state index contributed by atoms with van der Waals surface area (Å²) >= 11 is 0. The third kappa shape index (κ3) is 3.54. The van der Waals surface area contributed by atoms with E-state index in [0.717, 1.165) is 44.1 Å². The lowest BCUT2D eigenvalue weighted by atomic mass is 10.1. The van der Waals surface area contributed by atoms with Crippen molar-refractivity contribution in [3.63, 3.8) is 0 Å². The molecule has 106 valence electrons. The summed E-state index contributed by atoms with van der Waals surface area (Å²) in [5.41, 5.74) is 0. The minimum absolute atomic E-state index is 0.246. The maximum absolute atomic E-state index is 5.72. The monoisotopic (exact) mass is 265 g/mol. The Hall–Kier alpha value is -0.940. The second-order valence-corrected chi connectivity index (χ2v) is 5.60. The minimum Gasteiger partial charge on any atom is -0.378 e. The van der Waals surface area contributed by atoms with E-state index < -0.39 is 0 Å². The maximum atomic E-state index is 5.72. The second kappa shape index (κ2) is 6.48. The number of hydrogen-bond donors (Lipinski definition) is 1. The Bertz CT molecular complexity index is 380. The Kier molecular flexibility index (Phi) is 4.45. The number of hydrogen-bond acceptors (Lipinski definition) is 5. The summed E-state index contributed by atoms with van der Waals surface area (Å²) in [6.07, 6.45) is 9.49. The highest BCUT2D eigenvalue weighted by molar-refractivity contribution is 4.95. The van der Waals surface area contributed by atoms with Gasteiger partial charge in [-0.3, -0.25) is 0 Å². The summed E-state index contributed by atoms with van der Waals surface area (Å²) in [7, 11) is 0. The van der Waals surface area contributed by atoms with Gasteiger partial charge in [0.05, 0.1) is 12.1 Å². The van der Waals surface area contributed by atoms with E-state index in [4.69, 9.17) is 9.26 Å². The van der Waals surface area contributed by atoms with E-state index in [0.29, 0.717) is 0 Å². The number of ether oxygens (including phenoxy) is 1. The zero-order chi connectivity index (χ0) is 12.9. The van der Waals surface area contributed by atoms with E-state index >= 15 is 0 Å². The first-order chi connectivity index (χ1) is 9.42. The molecule has 1 aromatic heterocycles. The van der Waals surface area contributed by atoms with Gasteiger partial charge in [0.25, 0.3) is 0 Å². The van der Waals surface area contributed by atoms with Crippen LogP contribution in [0.2, 0.25) is 0 Å². The standard InChI is InChI=1S/C14H23N3O2/c1-2-7-12(15-8-4-1)14-16-13(17-19-14)10-11-6-3-5-9-18-11/h11-12,15H,1-10H2. The van der Waals surface area contributed by atoms with Crippen molar-refractivity contribution in [3.05, 3.63) is 11.7 Å². The van der Waals surface area contributed by atoms with E-state index in [2.05, 4.69) is 15.5 Å². The number of nitrogens with zero attached hydrogens (tertiary/aromatic N) is 2. The van der Waals surface area contributed by atoms with Gasteiger partial charge < -0.3 is 14.6 Å². The lowest BCUT2D eigenvalue weighted by Gasteiger charge is -2.20. The van der Waals surface area contributed by atoms with Gasteiger partial charge in [-0.2, -0.15) is 4.98 Å². The zero-order valence-corrected chi connectivity index (χ0v) is 11.4. The van der Waals surface area contributed by atoms with Crippen LogP contribution < -0.4 is 5.32 Å².